The summed E-state index contributed by atoms with van der Waals surface area (Å²) in [6.45, 7) is 0. The fourth-order valence-corrected chi connectivity index (χ4v) is 8.79. The lowest BCUT2D eigenvalue weighted by Gasteiger charge is -2.26. The van der Waals surface area contributed by atoms with Gasteiger partial charge in [0, 0.05) is 74.5 Å². The smallest absolute Gasteiger partial charge is 0.132 e. The summed E-state index contributed by atoms with van der Waals surface area (Å²) >= 11 is 3.44. The molecule has 9 aromatic rings. The molecule has 5 heteroatoms. The van der Waals surface area contributed by atoms with Crippen LogP contribution in [0, 0.1) is 5.82 Å². The molecule has 47 heavy (non-hydrogen) atoms. The average Bonchev–Trinajstić information content (AvgIpc) is 3.68. The lowest BCUT2D eigenvalue weighted by atomic mass is 10.1. The number of rotatable bonds is 6. The Hall–Kier alpha value is -5.49. The van der Waals surface area contributed by atoms with Gasteiger partial charge in [-0.15, -0.1) is 22.7 Å². The fourth-order valence-electron chi connectivity index (χ4n) is 6.57. The molecule has 0 atom stereocenters. The highest BCUT2D eigenvalue weighted by atomic mass is 32.1. The number of halogens is 1. The van der Waals surface area contributed by atoms with Crippen LogP contribution in [0.5, 0.6) is 0 Å². The third-order valence-corrected chi connectivity index (χ3v) is 11.0. The molecular formula is C42H27FN2S2. The van der Waals surface area contributed by atoms with Crippen molar-refractivity contribution in [1.29, 1.82) is 0 Å². The number of nitrogens with zero attached hydrogens (tertiary/aromatic N) is 2. The number of hydrogen-bond donors (Lipinski definition) is 0. The van der Waals surface area contributed by atoms with Gasteiger partial charge in [0.15, 0.2) is 0 Å². The minimum absolute atomic E-state index is 0.179. The average molecular weight is 643 g/mol. The molecule has 9 rings (SSSR count). The summed E-state index contributed by atoms with van der Waals surface area (Å²) in [5, 5.41) is 4.10. The molecule has 0 saturated heterocycles. The number of anilines is 6. The van der Waals surface area contributed by atoms with E-state index in [2.05, 4.69) is 149 Å². The monoisotopic (exact) mass is 642 g/mol. The largest absolute Gasteiger partial charge is 0.310 e. The Morgan fingerprint density at radius 3 is 1.45 bits per heavy atom. The molecule has 2 nitrogen and oxygen atoms in total. The Labute approximate surface area is 279 Å². The molecule has 2 aromatic heterocycles. The second kappa shape index (κ2) is 11.4. The van der Waals surface area contributed by atoms with Crippen molar-refractivity contribution < 1.29 is 4.39 Å². The standard InChI is InChI=1S/C42H27FN2S2/c43-37-17-10-18-40-42(37)36-26-32(21-24-39(36)46-40)45(30-15-8-3-9-16-30)33-19-22-34-35-25-31(20-23-38(35)47-41(34)27-33)44(28-11-4-1-5-12-28)29-13-6-2-7-14-29/h1-27H. The molecule has 0 fully saturated rings. The summed E-state index contributed by atoms with van der Waals surface area (Å²) in [4.78, 5) is 4.58. The van der Waals surface area contributed by atoms with Crippen molar-refractivity contribution in [2.24, 2.45) is 0 Å². The third kappa shape index (κ3) is 4.83. The van der Waals surface area contributed by atoms with E-state index in [9.17, 15) is 0 Å². The summed E-state index contributed by atoms with van der Waals surface area (Å²) in [6, 6.07) is 56.7. The number of benzene rings is 7. The van der Waals surface area contributed by atoms with Crippen molar-refractivity contribution in [1.82, 2.24) is 0 Å². The lowest BCUT2D eigenvalue weighted by Crippen LogP contribution is -2.09. The second-order valence-corrected chi connectivity index (χ2v) is 13.7. The van der Waals surface area contributed by atoms with Gasteiger partial charge in [-0.2, -0.15) is 0 Å². The predicted octanol–water partition coefficient (Wildman–Crippen LogP) is 13.5. The van der Waals surface area contributed by atoms with Gasteiger partial charge >= 0.3 is 0 Å². The number of hydrogen-bond acceptors (Lipinski definition) is 4. The van der Waals surface area contributed by atoms with Crippen molar-refractivity contribution in [3.8, 4) is 0 Å². The van der Waals surface area contributed by atoms with Gasteiger partial charge in [-0.1, -0.05) is 66.7 Å². The minimum Gasteiger partial charge on any atom is -0.310 e. The highest BCUT2D eigenvalue weighted by molar-refractivity contribution is 7.26. The highest BCUT2D eigenvalue weighted by Crippen LogP contribution is 2.45. The van der Waals surface area contributed by atoms with E-state index < -0.39 is 0 Å². The second-order valence-electron chi connectivity index (χ2n) is 11.5. The van der Waals surface area contributed by atoms with Gasteiger partial charge in [-0.3, -0.25) is 0 Å². The maximum Gasteiger partial charge on any atom is 0.132 e. The molecule has 0 spiro atoms. The number of para-hydroxylation sites is 3. The van der Waals surface area contributed by atoms with Gasteiger partial charge < -0.3 is 9.80 Å². The Bertz CT molecular complexity index is 2500. The van der Waals surface area contributed by atoms with Crippen LogP contribution in [0.2, 0.25) is 0 Å². The highest BCUT2D eigenvalue weighted by Gasteiger charge is 2.18. The SMILES string of the molecule is Fc1cccc2sc3ccc(N(c4ccccc4)c4ccc5c(c4)sc4ccc(N(c6ccccc6)c6ccccc6)cc45)cc3c12. The van der Waals surface area contributed by atoms with E-state index in [1.54, 1.807) is 23.5 Å². The molecule has 0 aliphatic carbocycles. The van der Waals surface area contributed by atoms with Crippen LogP contribution < -0.4 is 9.80 Å². The van der Waals surface area contributed by atoms with Crippen LogP contribution in [-0.2, 0) is 0 Å². The first-order valence-electron chi connectivity index (χ1n) is 15.5. The molecule has 0 aliphatic rings. The normalized spacial score (nSPS) is 11.5. The third-order valence-electron chi connectivity index (χ3n) is 8.68. The first-order valence-corrected chi connectivity index (χ1v) is 17.2. The molecule has 224 valence electrons. The van der Waals surface area contributed by atoms with Crippen LogP contribution in [0.1, 0.15) is 0 Å². The first-order chi connectivity index (χ1) is 23.2. The van der Waals surface area contributed by atoms with Crippen molar-refractivity contribution in [3.63, 3.8) is 0 Å². The van der Waals surface area contributed by atoms with Gasteiger partial charge in [0.1, 0.15) is 5.82 Å². The van der Waals surface area contributed by atoms with Gasteiger partial charge in [0.25, 0.3) is 0 Å². The van der Waals surface area contributed by atoms with E-state index in [1.165, 1.54) is 20.2 Å². The molecule has 0 amide bonds. The zero-order valence-corrected chi connectivity index (χ0v) is 26.8. The van der Waals surface area contributed by atoms with Crippen LogP contribution in [0.25, 0.3) is 40.3 Å². The lowest BCUT2D eigenvalue weighted by molar-refractivity contribution is 0.641. The Morgan fingerprint density at radius 2 is 0.830 bits per heavy atom. The van der Waals surface area contributed by atoms with E-state index >= 15 is 4.39 Å². The van der Waals surface area contributed by atoms with Crippen LogP contribution >= 0.6 is 22.7 Å². The number of thiophene rings is 2. The van der Waals surface area contributed by atoms with Crippen molar-refractivity contribution in [3.05, 3.63) is 170 Å². The zero-order valence-electron chi connectivity index (χ0n) is 25.2. The van der Waals surface area contributed by atoms with E-state index in [-0.39, 0.29) is 5.82 Å². The molecule has 7 aromatic carbocycles. The molecule has 0 bridgehead atoms. The quantitative estimate of drug-likeness (QED) is 0.178. The minimum atomic E-state index is -0.179. The van der Waals surface area contributed by atoms with Gasteiger partial charge in [-0.25, -0.2) is 4.39 Å². The fraction of sp³-hybridized carbons (Fsp3) is 0. The molecule has 0 radical (unpaired) electrons. The van der Waals surface area contributed by atoms with Gasteiger partial charge in [0.2, 0.25) is 0 Å². The topological polar surface area (TPSA) is 6.48 Å². The van der Waals surface area contributed by atoms with Gasteiger partial charge in [0.05, 0.1) is 0 Å². The predicted molar refractivity (Wildman–Crippen MR) is 202 cm³/mol. The molecule has 0 unspecified atom stereocenters. The van der Waals surface area contributed by atoms with Crippen LogP contribution in [-0.4, -0.2) is 0 Å². The number of fused-ring (bicyclic) bond motifs is 6. The van der Waals surface area contributed by atoms with Crippen LogP contribution in [0.4, 0.5) is 38.5 Å². The Morgan fingerprint density at radius 1 is 0.340 bits per heavy atom. The maximum absolute atomic E-state index is 15.1. The van der Waals surface area contributed by atoms with Crippen molar-refractivity contribution >= 4 is 97.1 Å². The molecule has 0 saturated carbocycles. The Balaban J connectivity index is 1.19. The maximum atomic E-state index is 15.1. The van der Waals surface area contributed by atoms with E-state index in [4.69, 9.17) is 0 Å². The van der Waals surface area contributed by atoms with Crippen LogP contribution in [0.15, 0.2) is 164 Å². The summed E-state index contributed by atoms with van der Waals surface area (Å²) in [5.41, 5.74) is 6.46. The van der Waals surface area contributed by atoms with Crippen LogP contribution in [0.3, 0.4) is 0 Å². The molecular weight excluding hydrogens is 616 g/mol. The first kappa shape index (κ1) is 27.8. The summed E-state index contributed by atoms with van der Waals surface area (Å²) in [7, 11) is 0. The van der Waals surface area contributed by atoms with E-state index in [0.29, 0.717) is 5.39 Å². The summed E-state index contributed by atoms with van der Waals surface area (Å²) < 4.78 is 19.6. The van der Waals surface area contributed by atoms with Crippen molar-refractivity contribution in [2.45, 2.75) is 0 Å². The van der Waals surface area contributed by atoms with Gasteiger partial charge in [-0.05, 0) is 97.1 Å². The molecule has 2 heterocycles. The Kier molecular flexibility index (Phi) is 6.74. The summed E-state index contributed by atoms with van der Waals surface area (Å²) in [6.07, 6.45) is 0. The van der Waals surface area contributed by atoms with E-state index in [1.807, 2.05) is 23.5 Å². The molecule has 0 aliphatic heterocycles. The van der Waals surface area contributed by atoms with E-state index in [0.717, 1.165) is 48.9 Å². The zero-order chi connectivity index (χ0) is 31.3. The summed E-state index contributed by atoms with van der Waals surface area (Å²) in [5.74, 6) is -0.179. The molecule has 0 N–H and O–H groups in total. The van der Waals surface area contributed by atoms with Crippen molar-refractivity contribution in [2.75, 3.05) is 9.80 Å².